The van der Waals surface area contributed by atoms with E-state index in [1.165, 1.54) is 4.90 Å². The summed E-state index contributed by atoms with van der Waals surface area (Å²) in [5, 5.41) is 7.94. The van der Waals surface area contributed by atoms with Crippen LogP contribution in [0.4, 0.5) is 5.69 Å². The van der Waals surface area contributed by atoms with Crippen molar-refractivity contribution in [3.8, 4) is 0 Å². The molecule has 7 heteroatoms. The maximum Gasteiger partial charge on any atom is 0.291 e. The largest absolute Gasteiger partial charge is 0.451 e. The van der Waals surface area contributed by atoms with Crippen molar-refractivity contribution < 1.29 is 14.0 Å². The number of carbonyl (C=O) groups excluding carboxylic acids is 2. The molecule has 0 aliphatic heterocycles. The fourth-order valence-electron chi connectivity index (χ4n) is 2.84. The molecule has 0 unspecified atom stereocenters. The minimum Gasteiger partial charge on any atom is -0.451 e. The second-order valence-electron chi connectivity index (χ2n) is 6.64. The fraction of sp³-hybridized carbons (Fsp3) is 0.316. The second-order valence-corrected chi connectivity index (χ2v) is 6.64. The number of fused-ring (bicyclic) bond motifs is 1. The van der Waals surface area contributed by atoms with Crippen LogP contribution < -0.4 is 5.32 Å². The summed E-state index contributed by atoms with van der Waals surface area (Å²) >= 11 is 0. The molecule has 1 N–H and O–H groups in total. The van der Waals surface area contributed by atoms with Crippen LogP contribution in [0.1, 0.15) is 37.9 Å². The van der Waals surface area contributed by atoms with Gasteiger partial charge in [0.25, 0.3) is 11.8 Å². The van der Waals surface area contributed by atoms with Gasteiger partial charge in [0.2, 0.25) is 0 Å². The van der Waals surface area contributed by atoms with Crippen molar-refractivity contribution in [2.24, 2.45) is 7.05 Å². The lowest BCUT2D eigenvalue weighted by Crippen LogP contribution is -2.24. The highest BCUT2D eigenvalue weighted by molar-refractivity contribution is 6.10. The Balaban J connectivity index is 2.01. The lowest BCUT2D eigenvalue weighted by molar-refractivity contribution is 0.0822. The van der Waals surface area contributed by atoms with Gasteiger partial charge in [0.05, 0.1) is 11.4 Å². The lowest BCUT2D eigenvalue weighted by Gasteiger charge is -2.10. The zero-order chi connectivity index (χ0) is 19.2. The molecule has 0 aliphatic carbocycles. The first kappa shape index (κ1) is 17.7. The number of anilines is 1. The number of benzene rings is 1. The Bertz CT molecular complexity index is 1030. The Labute approximate surface area is 151 Å². The van der Waals surface area contributed by atoms with Crippen LogP contribution in [-0.4, -0.2) is 40.6 Å². The molecule has 3 rings (SSSR count). The predicted octanol–water partition coefficient (Wildman–Crippen LogP) is 3.05. The van der Waals surface area contributed by atoms with Gasteiger partial charge < -0.3 is 14.6 Å². The SMILES string of the molecule is Cc1ccc2oc(C(=O)Nc3c(C(=O)N(C)C)nn(C)c3C)c(C)c2c1. The molecule has 0 bridgehead atoms. The minimum atomic E-state index is -0.403. The van der Waals surface area contributed by atoms with Crippen LogP contribution in [0, 0.1) is 20.8 Å². The van der Waals surface area contributed by atoms with E-state index >= 15 is 0 Å². The highest BCUT2D eigenvalue weighted by Gasteiger charge is 2.25. The van der Waals surface area contributed by atoms with Gasteiger partial charge in [-0.1, -0.05) is 11.6 Å². The molecular weight excluding hydrogens is 332 g/mol. The summed E-state index contributed by atoms with van der Waals surface area (Å²) in [6.07, 6.45) is 0. The van der Waals surface area contributed by atoms with Gasteiger partial charge in [-0.15, -0.1) is 0 Å². The van der Waals surface area contributed by atoms with Gasteiger partial charge in [-0.3, -0.25) is 14.3 Å². The third-order valence-corrected chi connectivity index (χ3v) is 4.48. The molecule has 1 aromatic carbocycles. The van der Waals surface area contributed by atoms with Crippen LogP contribution in [-0.2, 0) is 7.05 Å². The number of carbonyl (C=O) groups is 2. The number of aryl methyl sites for hydroxylation is 3. The third-order valence-electron chi connectivity index (χ3n) is 4.48. The first-order valence-electron chi connectivity index (χ1n) is 8.27. The summed E-state index contributed by atoms with van der Waals surface area (Å²) in [5.74, 6) is -0.446. The average molecular weight is 354 g/mol. The van der Waals surface area contributed by atoms with E-state index < -0.39 is 5.91 Å². The van der Waals surface area contributed by atoms with E-state index in [0.717, 1.165) is 16.5 Å². The zero-order valence-corrected chi connectivity index (χ0v) is 15.8. The first-order chi connectivity index (χ1) is 12.2. The monoisotopic (exact) mass is 354 g/mol. The number of aromatic nitrogens is 2. The number of nitrogens with zero attached hydrogens (tertiary/aromatic N) is 3. The number of amides is 2. The van der Waals surface area contributed by atoms with Crippen molar-refractivity contribution in [2.75, 3.05) is 19.4 Å². The van der Waals surface area contributed by atoms with Crippen LogP contribution in [0.2, 0.25) is 0 Å². The number of nitrogens with one attached hydrogen (secondary N) is 1. The van der Waals surface area contributed by atoms with Crippen LogP contribution in [0.3, 0.4) is 0 Å². The standard InChI is InChI=1S/C19H22N4O3/c1-10-7-8-14-13(9-10)11(2)17(26-14)18(24)20-15-12(3)23(6)21-16(15)19(25)22(4)5/h7-9H,1-6H3,(H,20,24). The summed E-state index contributed by atoms with van der Waals surface area (Å²) in [7, 11) is 5.01. The topological polar surface area (TPSA) is 80.4 Å². The van der Waals surface area contributed by atoms with Gasteiger partial charge in [-0.05, 0) is 32.9 Å². The van der Waals surface area contributed by atoms with Gasteiger partial charge in [0.1, 0.15) is 5.58 Å². The van der Waals surface area contributed by atoms with Crippen molar-refractivity contribution in [1.29, 1.82) is 0 Å². The zero-order valence-electron chi connectivity index (χ0n) is 15.8. The van der Waals surface area contributed by atoms with E-state index in [1.54, 1.807) is 32.7 Å². The molecule has 2 amide bonds. The van der Waals surface area contributed by atoms with Gasteiger partial charge in [0, 0.05) is 32.1 Å². The number of hydrogen-bond donors (Lipinski definition) is 1. The van der Waals surface area contributed by atoms with Crippen LogP contribution in [0.5, 0.6) is 0 Å². The van der Waals surface area contributed by atoms with E-state index in [2.05, 4.69) is 10.4 Å². The lowest BCUT2D eigenvalue weighted by atomic mass is 10.1. The van der Waals surface area contributed by atoms with E-state index in [0.29, 0.717) is 17.0 Å². The van der Waals surface area contributed by atoms with Crippen molar-refractivity contribution in [2.45, 2.75) is 20.8 Å². The van der Waals surface area contributed by atoms with Gasteiger partial charge in [-0.25, -0.2) is 0 Å². The molecule has 0 radical (unpaired) electrons. The molecule has 7 nitrogen and oxygen atoms in total. The highest BCUT2D eigenvalue weighted by Crippen LogP contribution is 2.28. The molecule has 0 fully saturated rings. The summed E-state index contributed by atoms with van der Waals surface area (Å²) in [6, 6.07) is 5.78. The van der Waals surface area contributed by atoms with Crippen molar-refractivity contribution >= 4 is 28.5 Å². The minimum absolute atomic E-state index is 0.202. The van der Waals surface area contributed by atoms with E-state index in [-0.39, 0.29) is 17.4 Å². The maximum atomic E-state index is 12.8. The van der Waals surface area contributed by atoms with Crippen molar-refractivity contribution in [1.82, 2.24) is 14.7 Å². The maximum absolute atomic E-state index is 12.8. The molecule has 0 saturated carbocycles. The van der Waals surface area contributed by atoms with Crippen molar-refractivity contribution in [3.05, 3.63) is 46.5 Å². The number of rotatable bonds is 3. The summed E-state index contributed by atoms with van der Waals surface area (Å²) in [5.41, 5.74) is 3.80. The summed E-state index contributed by atoms with van der Waals surface area (Å²) in [6.45, 7) is 5.63. The third kappa shape index (κ3) is 2.85. The van der Waals surface area contributed by atoms with E-state index in [1.807, 2.05) is 32.0 Å². The molecule has 2 aromatic heterocycles. The van der Waals surface area contributed by atoms with Crippen LogP contribution in [0.25, 0.3) is 11.0 Å². The Morgan fingerprint density at radius 3 is 2.54 bits per heavy atom. The Kier molecular flexibility index (Phi) is 4.31. The van der Waals surface area contributed by atoms with Crippen molar-refractivity contribution in [3.63, 3.8) is 0 Å². The van der Waals surface area contributed by atoms with Gasteiger partial charge in [-0.2, -0.15) is 5.10 Å². The fourth-order valence-corrected chi connectivity index (χ4v) is 2.84. The number of hydrogen-bond acceptors (Lipinski definition) is 4. The molecule has 0 saturated heterocycles. The highest BCUT2D eigenvalue weighted by atomic mass is 16.3. The van der Waals surface area contributed by atoms with Gasteiger partial charge >= 0.3 is 0 Å². The molecule has 3 aromatic rings. The summed E-state index contributed by atoms with van der Waals surface area (Å²) in [4.78, 5) is 26.6. The molecule has 0 spiro atoms. The molecule has 0 aliphatic rings. The van der Waals surface area contributed by atoms with E-state index in [4.69, 9.17) is 4.42 Å². The Morgan fingerprint density at radius 2 is 1.88 bits per heavy atom. The quantitative estimate of drug-likeness (QED) is 0.784. The number of furan rings is 1. The Hall–Kier alpha value is -3.09. The molecule has 0 atom stereocenters. The Morgan fingerprint density at radius 1 is 1.19 bits per heavy atom. The average Bonchev–Trinajstić information content (AvgIpc) is 3.06. The molecule has 136 valence electrons. The molecule has 2 heterocycles. The van der Waals surface area contributed by atoms with Crippen LogP contribution >= 0.6 is 0 Å². The second kappa shape index (κ2) is 6.33. The molecular formula is C19H22N4O3. The van der Waals surface area contributed by atoms with Gasteiger partial charge in [0.15, 0.2) is 11.5 Å². The first-order valence-corrected chi connectivity index (χ1v) is 8.27. The normalized spacial score (nSPS) is 11.0. The summed E-state index contributed by atoms with van der Waals surface area (Å²) < 4.78 is 7.32. The van der Waals surface area contributed by atoms with E-state index in [9.17, 15) is 9.59 Å². The smallest absolute Gasteiger partial charge is 0.291 e. The van der Waals surface area contributed by atoms with Crippen LogP contribution in [0.15, 0.2) is 22.6 Å². The molecule has 26 heavy (non-hydrogen) atoms. The predicted molar refractivity (Wildman–Crippen MR) is 99.6 cm³/mol.